The molecule has 8 nitrogen and oxygen atoms in total. The van der Waals surface area contributed by atoms with E-state index in [-0.39, 0.29) is 29.2 Å². The Balaban J connectivity index is 1.69. The molecule has 200 valence electrons. The largest absolute Gasteiger partial charge is 0.573 e. The van der Waals surface area contributed by atoms with Crippen molar-refractivity contribution in [3.63, 3.8) is 0 Å². The number of ether oxygens (including phenoxy) is 2. The molecule has 0 radical (unpaired) electrons. The predicted molar refractivity (Wildman–Crippen MR) is 123 cm³/mol. The molecule has 13 heteroatoms. The fraction of sp³-hybridized carbons (Fsp3) is 0.240. The number of carbonyl (C=O) groups is 2. The van der Waals surface area contributed by atoms with E-state index in [0.29, 0.717) is 0 Å². The SMILES string of the molecule is COc1cc(F)c([C@@H]2CN(c3ncccc3CO)C(=O)[C@H]2NC(=O)c2ccc(OC(F)(F)F)cc2)c(F)c1. The Morgan fingerprint density at radius 2 is 1.79 bits per heavy atom. The number of hydrogen-bond acceptors (Lipinski definition) is 6. The molecular weight excluding hydrogens is 517 g/mol. The third kappa shape index (κ3) is 5.52. The van der Waals surface area contributed by atoms with Crippen molar-refractivity contribution in [2.45, 2.75) is 24.9 Å². The van der Waals surface area contributed by atoms with Crippen molar-refractivity contribution in [2.75, 3.05) is 18.6 Å². The Hall–Kier alpha value is -4.26. The van der Waals surface area contributed by atoms with Crippen LogP contribution in [-0.4, -0.2) is 48.0 Å². The molecule has 2 N–H and O–H groups in total. The molecule has 38 heavy (non-hydrogen) atoms. The highest BCUT2D eigenvalue weighted by Crippen LogP contribution is 2.37. The van der Waals surface area contributed by atoms with Crippen molar-refractivity contribution in [1.29, 1.82) is 0 Å². The number of carbonyl (C=O) groups excluding carboxylic acids is 2. The molecule has 4 rings (SSSR count). The molecule has 2 atom stereocenters. The molecule has 0 bridgehead atoms. The van der Waals surface area contributed by atoms with Crippen molar-refractivity contribution in [3.8, 4) is 11.5 Å². The van der Waals surface area contributed by atoms with Crippen LogP contribution in [0.25, 0.3) is 0 Å². The smallest absolute Gasteiger partial charge is 0.497 e. The highest BCUT2D eigenvalue weighted by Gasteiger charge is 2.46. The fourth-order valence-electron chi connectivity index (χ4n) is 4.21. The lowest BCUT2D eigenvalue weighted by atomic mass is 9.92. The molecule has 1 fully saturated rings. The van der Waals surface area contributed by atoms with Crippen molar-refractivity contribution in [3.05, 3.63) is 83.1 Å². The van der Waals surface area contributed by atoms with Gasteiger partial charge >= 0.3 is 6.36 Å². The molecule has 0 aliphatic carbocycles. The third-order valence-electron chi connectivity index (χ3n) is 5.90. The first-order chi connectivity index (χ1) is 18.0. The van der Waals surface area contributed by atoms with Crippen LogP contribution in [0.1, 0.15) is 27.4 Å². The molecule has 3 aromatic rings. The first kappa shape index (κ1) is 26.8. The topological polar surface area (TPSA) is 101 Å². The molecular formula is C25H20F5N3O5. The second-order valence-corrected chi connectivity index (χ2v) is 8.23. The first-order valence-electron chi connectivity index (χ1n) is 11.1. The van der Waals surface area contributed by atoms with Gasteiger partial charge in [-0.3, -0.25) is 14.5 Å². The van der Waals surface area contributed by atoms with E-state index in [2.05, 4.69) is 15.0 Å². The van der Waals surface area contributed by atoms with Gasteiger partial charge in [0.25, 0.3) is 11.8 Å². The van der Waals surface area contributed by atoms with Crippen LogP contribution in [0, 0.1) is 11.6 Å². The monoisotopic (exact) mass is 537 g/mol. The molecule has 2 aromatic carbocycles. The number of aromatic nitrogens is 1. The lowest BCUT2D eigenvalue weighted by Crippen LogP contribution is -2.44. The quantitative estimate of drug-likeness (QED) is 0.446. The Morgan fingerprint density at radius 1 is 1.13 bits per heavy atom. The van der Waals surface area contributed by atoms with Crippen molar-refractivity contribution in [2.24, 2.45) is 0 Å². The summed E-state index contributed by atoms with van der Waals surface area (Å²) < 4.78 is 76.0. The van der Waals surface area contributed by atoms with E-state index < -0.39 is 59.7 Å². The number of amides is 2. The van der Waals surface area contributed by atoms with Gasteiger partial charge in [0.1, 0.15) is 35.0 Å². The number of aliphatic hydroxyl groups is 1. The van der Waals surface area contributed by atoms with Gasteiger partial charge < -0.3 is 19.9 Å². The molecule has 1 aliphatic heterocycles. The first-order valence-corrected chi connectivity index (χ1v) is 11.1. The molecule has 2 heterocycles. The van der Waals surface area contributed by atoms with E-state index in [1.807, 2.05) is 0 Å². The van der Waals surface area contributed by atoms with Crippen LogP contribution in [-0.2, 0) is 11.4 Å². The van der Waals surface area contributed by atoms with Crippen LogP contribution >= 0.6 is 0 Å². The minimum Gasteiger partial charge on any atom is -0.497 e. The number of methoxy groups -OCH3 is 1. The number of nitrogens with one attached hydrogen (secondary N) is 1. The van der Waals surface area contributed by atoms with Crippen LogP contribution in [0.4, 0.5) is 27.8 Å². The number of halogens is 5. The zero-order valence-corrected chi connectivity index (χ0v) is 19.6. The molecule has 1 aliphatic rings. The third-order valence-corrected chi connectivity index (χ3v) is 5.90. The number of pyridine rings is 1. The summed E-state index contributed by atoms with van der Waals surface area (Å²) in [5.74, 6) is -5.53. The van der Waals surface area contributed by atoms with Crippen LogP contribution in [0.2, 0.25) is 0 Å². The summed E-state index contributed by atoms with van der Waals surface area (Å²) in [5.41, 5.74) is -0.348. The number of alkyl halides is 3. The van der Waals surface area contributed by atoms with Gasteiger partial charge in [0, 0.05) is 47.5 Å². The van der Waals surface area contributed by atoms with E-state index in [0.717, 1.165) is 41.3 Å². The van der Waals surface area contributed by atoms with Gasteiger partial charge in [0.05, 0.1) is 13.7 Å². The number of nitrogens with zero attached hydrogens (tertiary/aromatic N) is 2. The maximum atomic E-state index is 15.0. The average Bonchev–Trinajstić information content (AvgIpc) is 3.18. The van der Waals surface area contributed by atoms with Crippen LogP contribution in [0.3, 0.4) is 0 Å². The van der Waals surface area contributed by atoms with Gasteiger partial charge in [-0.05, 0) is 30.3 Å². The lowest BCUT2D eigenvalue weighted by Gasteiger charge is -2.20. The summed E-state index contributed by atoms with van der Waals surface area (Å²) in [6, 6.07) is 7.32. The predicted octanol–water partition coefficient (Wildman–Crippen LogP) is 3.69. The Morgan fingerprint density at radius 3 is 2.37 bits per heavy atom. The van der Waals surface area contributed by atoms with E-state index in [4.69, 9.17) is 4.74 Å². The molecule has 0 unspecified atom stereocenters. The molecule has 0 saturated carbocycles. The minimum atomic E-state index is -4.93. The summed E-state index contributed by atoms with van der Waals surface area (Å²) in [6.45, 7) is -0.779. The summed E-state index contributed by atoms with van der Waals surface area (Å²) in [5, 5.41) is 12.1. The normalized spacial score (nSPS) is 17.4. The summed E-state index contributed by atoms with van der Waals surface area (Å²) in [7, 11) is 1.22. The van der Waals surface area contributed by atoms with Crippen LogP contribution in [0.5, 0.6) is 11.5 Å². The zero-order chi connectivity index (χ0) is 27.6. The van der Waals surface area contributed by atoms with Gasteiger partial charge in [-0.25, -0.2) is 13.8 Å². The van der Waals surface area contributed by atoms with Gasteiger partial charge in [-0.2, -0.15) is 0 Å². The summed E-state index contributed by atoms with van der Waals surface area (Å²) in [6.07, 6.45) is -3.57. The lowest BCUT2D eigenvalue weighted by molar-refractivity contribution is -0.274. The van der Waals surface area contributed by atoms with Gasteiger partial charge in [-0.1, -0.05) is 6.07 Å². The standard InChI is InChI=1S/C25H20F5N3O5/c1-37-16-9-18(26)20(19(27)10-16)17-11-33(22-14(12-34)3-2-8-31-22)24(36)21(17)32-23(35)13-4-6-15(7-5-13)38-25(28,29)30/h2-10,17,21,34H,11-12H2,1H3,(H,32,35)/t17-,21-/m0/s1. The molecule has 2 amide bonds. The maximum absolute atomic E-state index is 15.0. The summed E-state index contributed by atoms with van der Waals surface area (Å²) >= 11 is 0. The minimum absolute atomic E-state index is 0.0460. The Labute approximate surface area is 212 Å². The Kier molecular flexibility index (Phi) is 7.49. The second-order valence-electron chi connectivity index (χ2n) is 8.23. The number of aliphatic hydroxyl groups excluding tert-OH is 1. The van der Waals surface area contributed by atoms with Crippen molar-refractivity contribution in [1.82, 2.24) is 10.3 Å². The molecule has 1 aromatic heterocycles. The highest BCUT2D eigenvalue weighted by atomic mass is 19.4. The number of rotatable bonds is 7. The molecule has 1 saturated heterocycles. The second kappa shape index (κ2) is 10.6. The van der Waals surface area contributed by atoms with E-state index >= 15 is 8.78 Å². The highest BCUT2D eigenvalue weighted by molar-refractivity contribution is 6.04. The van der Waals surface area contributed by atoms with E-state index in [9.17, 15) is 27.9 Å². The summed E-state index contributed by atoms with van der Waals surface area (Å²) in [4.78, 5) is 31.6. The van der Waals surface area contributed by atoms with Crippen molar-refractivity contribution < 1.29 is 46.1 Å². The maximum Gasteiger partial charge on any atom is 0.573 e. The van der Waals surface area contributed by atoms with Crippen LogP contribution < -0.4 is 19.7 Å². The Bertz CT molecular complexity index is 1330. The molecule has 0 spiro atoms. The van der Waals surface area contributed by atoms with Crippen molar-refractivity contribution >= 4 is 17.6 Å². The van der Waals surface area contributed by atoms with Crippen LogP contribution in [0.15, 0.2) is 54.7 Å². The number of benzene rings is 2. The zero-order valence-electron chi connectivity index (χ0n) is 19.6. The van der Waals surface area contributed by atoms with Gasteiger partial charge in [-0.15, -0.1) is 13.2 Å². The van der Waals surface area contributed by atoms with Gasteiger partial charge in [0.2, 0.25) is 0 Å². The van der Waals surface area contributed by atoms with E-state index in [1.165, 1.54) is 25.4 Å². The average molecular weight is 537 g/mol. The van der Waals surface area contributed by atoms with Gasteiger partial charge in [0.15, 0.2) is 0 Å². The fourth-order valence-corrected chi connectivity index (χ4v) is 4.21. The number of hydrogen-bond donors (Lipinski definition) is 2. The number of anilines is 1. The van der Waals surface area contributed by atoms with E-state index in [1.54, 1.807) is 0 Å².